The van der Waals surface area contributed by atoms with Gasteiger partial charge in [-0.15, -0.1) is 4.99 Å². The molecule has 0 bridgehead atoms. The van der Waals surface area contributed by atoms with Gasteiger partial charge in [-0.1, -0.05) is 81.1 Å². The summed E-state index contributed by atoms with van der Waals surface area (Å²) in [7, 11) is 0. The number of ether oxygens (including phenoxy) is 3. The van der Waals surface area contributed by atoms with Gasteiger partial charge in [0.05, 0.1) is 24.4 Å². The molecule has 1 aromatic carbocycles. The lowest BCUT2D eigenvalue weighted by atomic mass is 9.96. The number of nitrogens with zero attached hydrogens (tertiary/aromatic N) is 5. The van der Waals surface area contributed by atoms with E-state index in [-0.39, 0.29) is 24.9 Å². The zero-order chi connectivity index (χ0) is 41.5. The molecule has 1 N–H and O–H groups in total. The summed E-state index contributed by atoms with van der Waals surface area (Å²) in [6.07, 6.45) is 23.1. The van der Waals surface area contributed by atoms with E-state index in [1.807, 2.05) is 23.4 Å². The van der Waals surface area contributed by atoms with E-state index in [1.54, 1.807) is 0 Å². The van der Waals surface area contributed by atoms with Crippen molar-refractivity contribution in [3.8, 4) is 0 Å². The van der Waals surface area contributed by atoms with Gasteiger partial charge in [0.2, 0.25) is 0 Å². The number of aliphatic imine (C=N–C) groups is 1. The Hall–Kier alpha value is -3.62. The second-order valence-electron chi connectivity index (χ2n) is 16.9. The molecule has 60 heavy (non-hydrogen) atoms. The van der Waals surface area contributed by atoms with Crippen molar-refractivity contribution < 1.29 is 28.9 Å². The summed E-state index contributed by atoms with van der Waals surface area (Å²) in [5, 5.41) is 5.65. The monoisotopic (exact) mass is 844 g/mol. The van der Waals surface area contributed by atoms with Crippen molar-refractivity contribution in [1.29, 1.82) is 0 Å². The standard InChI is InChI=1S/C47H65ClN6O6/c1-3-49-43(34-56-47(55)58-41-15-8-5-9-16-41)50-26-11-27-54(33-36-19-17-35(2)18-20-36)60-59-46(57-40-13-6-4-7-14-40)53-30-28-52(29-31-53)45-42-24-23-39(48)32-38(42)22-21-37-12-10-25-51-44(37)45/h3,10,12,17,19-20,23-25,32,35,40-41,45-46H,1,4-9,11,13-16,18,21-22,26-31,33-34H2,2H3,(H,49,50)/t35?,45-,46?/m1/s1. The van der Waals surface area contributed by atoms with Crippen LogP contribution in [0.25, 0.3) is 0 Å². The summed E-state index contributed by atoms with van der Waals surface area (Å²) >= 11 is 6.51. The normalized spacial score (nSPS) is 22.6. The van der Waals surface area contributed by atoms with Crippen molar-refractivity contribution in [3.63, 3.8) is 0 Å². The number of piperazine rings is 1. The summed E-state index contributed by atoms with van der Waals surface area (Å²) in [5.41, 5.74) is 6.20. The van der Waals surface area contributed by atoms with Gasteiger partial charge in [0.1, 0.15) is 11.9 Å². The number of rotatable bonds is 17. The van der Waals surface area contributed by atoms with Crippen LogP contribution in [0.3, 0.4) is 0 Å². The average Bonchev–Trinajstić information content (AvgIpc) is 3.43. The van der Waals surface area contributed by atoms with Gasteiger partial charge in [-0.05, 0) is 117 Å². The molecular formula is C47H65ClN6O6. The van der Waals surface area contributed by atoms with E-state index in [4.69, 9.17) is 45.7 Å². The van der Waals surface area contributed by atoms with Crippen LogP contribution in [0.1, 0.15) is 112 Å². The molecular weight excluding hydrogens is 780 g/mol. The van der Waals surface area contributed by atoms with Gasteiger partial charge in [0, 0.05) is 50.5 Å². The van der Waals surface area contributed by atoms with Crippen LogP contribution in [0.5, 0.6) is 0 Å². The number of hydrogen-bond acceptors (Lipinski definition) is 11. The molecule has 1 saturated heterocycles. The Labute approximate surface area is 361 Å². The lowest BCUT2D eigenvalue weighted by Gasteiger charge is -2.42. The fourth-order valence-electron chi connectivity index (χ4n) is 9.02. The molecule has 3 atom stereocenters. The largest absolute Gasteiger partial charge is 0.508 e. The molecule has 1 aromatic heterocycles. The van der Waals surface area contributed by atoms with Crippen LogP contribution < -0.4 is 5.32 Å². The maximum absolute atomic E-state index is 12.4. The van der Waals surface area contributed by atoms with Crippen LogP contribution in [-0.2, 0) is 36.9 Å². The molecule has 12 nitrogen and oxygen atoms in total. The first-order valence-electron chi connectivity index (χ1n) is 22.5. The first kappa shape index (κ1) is 44.4. The van der Waals surface area contributed by atoms with Gasteiger partial charge in [-0.2, -0.15) is 9.95 Å². The number of carbonyl (C=O) groups excluding carboxylic acids is 1. The van der Waals surface area contributed by atoms with E-state index in [0.29, 0.717) is 37.8 Å². The number of halogens is 1. The van der Waals surface area contributed by atoms with Crippen molar-refractivity contribution in [3.05, 3.63) is 101 Å². The number of benzene rings is 1. The molecule has 3 fully saturated rings. The molecule has 7 rings (SSSR count). The summed E-state index contributed by atoms with van der Waals surface area (Å²) < 4.78 is 17.7. The van der Waals surface area contributed by atoms with Crippen molar-refractivity contribution in [2.75, 3.05) is 52.4 Å². The van der Waals surface area contributed by atoms with Crippen molar-refractivity contribution in [2.24, 2.45) is 10.9 Å². The highest BCUT2D eigenvalue weighted by Gasteiger charge is 2.36. The molecule has 326 valence electrons. The summed E-state index contributed by atoms with van der Waals surface area (Å²) in [5.74, 6) is 1.02. The van der Waals surface area contributed by atoms with Crippen LogP contribution in [0.15, 0.2) is 78.1 Å². The van der Waals surface area contributed by atoms with Gasteiger partial charge in [0.15, 0.2) is 6.61 Å². The lowest BCUT2D eigenvalue weighted by Crippen LogP contribution is -2.54. The first-order valence-corrected chi connectivity index (χ1v) is 22.8. The zero-order valence-electron chi connectivity index (χ0n) is 35.5. The predicted octanol–water partition coefficient (Wildman–Crippen LogP) is 8.87. The Morgan fingerprint density at radius 1 is 1.03 bits per heavy atom. The van der Waals surface area contributed by atoms with Gasteiger partial charge in [0.25, 0.3) is 6.41 Å². The number of hydrogen-bond donors (Lipinski definition) is 1. The number of aryl methyl sites for hydroxylation is 2. The maximum atomic E-state index is 12.4. The van der Waals surface area contributed by atoms with E-state index >= 15 is 0 Å². The maximum Gasteiger partial charge on any atom is 0.508 e. The number of hydroxylamine groups is 2. The molecule has 0 radical (unpaired) electrons. The van der Waals surface area contributed by atoms with Crippen LogP contribution in [-0.4, -0.2) is 103 Å². The number of nitrogens with one attached hydrogen (secondary N) is 1. The molecule has 0 spiro atoms. The van der Waals surface area contributed by atoms with Crippen LogP contribution in [0, 0.1) is 5.92 Å². The first-order chi connectivity index (χ1) is 29.4. The molecule has 5 aliphatic rings. The smallest absolute Gasteiger partial charge is 0.431 e. The van der Waals surface area contributed by atoms with Gasteiger partial charge in [-0.25, -0.2) is 4.79 Å². The Morgan fingerprint density at radius 2 is 1.80 bits per heavy atom. The molecule has 0 amide bonds. The van der Waals surface area contributed by atoms with Crippen molar-refractivity contribution in [2.45, 2.75) is 121 Å². The van der Waals surface area contributed by atoms with E-state index < -0.39 is 12.6 Å². The summed E-state index contributed by atoms with van der Waals surface area (Å²) in [6, 6.07) is 10.7. The number of amidine groups is 1. The lowest BCUT2D eigenvalue weighted by molar-refractivity contribution is -0.499. The second-order valence-corrected chi connectivity index (χ2v) is 17.3. The van der Waals surface area contributed by atoms with E-state index in [9.17, 15) is 4.79 Å². The Morgan fingerprint density at radius 3 is 2.55 bits per heavy atom. The molecule has 1 aliphatic heterocycles. The minimum absolute atomic E-state index is 0.0190. The van der Waals surface area contributed by atoms with E-state index in [0.717, 1.165) is 108 Å². The Balaban J connectivity index is 0.993. The third-order valence-electron chi connectivity index (χ3n) is 12.4. The van der Waals surface area contributed by atoms with Crippen molar-refractivity contribution >= 4 is 23.6 Å². The highest BCUT2D eigenvalue weighted by molar-refractivity contribution is 6.30. The van der Waals surface area contributed by atoms with Gasteiger partial charge in [-0.3, -0.25) is 19.8 Å². The molecule has 2 heterocycles. The fraction of sp³-hybridized carbons (Fsp3) is 0.596. The minimum Gasteiger partial charge on any atom is -0.431 e. The second kappa shape index (κ2) is 23.0. The quantitative estimate of drug-likeness (QED) is 0.0314. The van der Waals surface area contributed by atoms with Crippen LogP contribution in [0.4, 0.5) is 4.79 Å². The third kappa shape index (κ3) is 13.0. The minimum atomic E-state index is -0.661. The number of pyridine rings is 1. The SMILES string of the molecule is C=CNC(COC(=O)OC1CCCCC1)=NCCCN(CC1=CCC(C)C=C1)OOC(OC1CCCCC1)N1CCN([C@@H]2c3ccc(Cl)cc3CCc3cccnc32)CC1. The van der Waals surface area contributed by atoms with Gasteiger partial charge >= 0.3 is 6.16 Å². The number of fused-ring (bicyclic) bond motifs is 2. The van der Waals surface area contributed by atoms with Crippen LogP contribution in [0.2, 0.25) is 5.02 Å². The molecule has 4 aliphatic carbocycles. The van der Waals surface area contributed by atoms with Gasteiger partial charge < -0.3 is 19.5 Å². The summed E-state index contributed by atoms with van der Waals surface area (Å²) in [4.78, 5) is 39.5. The average molecular weight is 846 g/mol. The van der Waals surface area contributed by atoms with Crippen molar-refractivity contribution in [1.82, 2.24) is 25.2 Å². The van der Waals surface area contributed by atoms with E-state index in [1.165, 1.54) is 41.3 Å². The number of carbonyl (C=O) groups is 1. The predicted molar refractivity (Wildman–Crippen MR) is 234 cm³/mol. The Bertz CT molecular complexity index is 1790. The van der Waals surface area contributed by atoms with E-state index in [2.05, 4.69) is 65.0 Å². The molecule has 2 unspecified atom stereocenters. The van der Waals surface area contributed by atoms with Crippen LogP contribution >= 0.6 is 11.6 Å². The Kier molecular flexibility index (Phi) is 17.0. The highest BCUT2D eigenvalue weighted by Crippen LogP contribution is 2.37. The fourth-order valence-corrected chi connectivity index (χ4v) is 9.21. The topological polar surface area (TPSA) is 110 Å². The molecule has 2 saturated carbocycles. The number of allylic oxidation sites excluding steroid dienone is 2. The highest BCUT2D eigenvalue weighted by atomic mass is 35.5. The third-order valence-corrected chi connectivity index (χ3v) is 12.6. The number of aromatic nitrogens is 1. The molecule has 2 aromatic rings. The summed E-state index contributed by atoms with van der Waals surface area (Å²) in [6.45, 7) is 10.7. The molecule has 13 heteroatoms. The zero-order valence-corrected chi connectivity index (χ0v) is 36.2.